The summed E-state index contributed by atoms with van der Waals surface area (Å²) in [6, 6.07) is 8.24. The first-order chi connectivity index (χ1) is 14.1. The molecule has 160 valence electrons. The number of nitrogens with zero attached hydrogens (tertiary/aromatic N) is 3. The zero-order valence-electron chi connectivity index (χ0n) is 17.7. The minimum atomic E-state index is -0.0300. The van der Waals surface area contributed by atoms with Gasteiger partial charge >= 0.3 is 6.03 Å². The fourth-order valence-corrected chi connectivity index (χ4v) is 5.08. The van der Waals surface area contributed by atoms with Gasteiger partial charge in [-0.15, -0.1) is 0 Å². The van der Waals surface area contributed by atoms with Crippen LogP contribution in [0, 0.1) is 0 Å². The monoisotopic (exact) mass is 418 g/mol. The third-order valence-corrected chi connectivity index (χ3v) is 6.95. The lowest BCUT2D eigenvalue weighted by molar-refractivity contribution is -0.130. The molecule has 1 N–H and O–H groups in total. The third-order valence-electron chi connectivity index (χ3n) is 6.00. The lowest BCUT2D eigenvalue weighted by atomic mass is 10.0. The maximum absolute atomic E-state index is 12.6. The summed E-state index contributed by atoms with van der Waals surface area (Å²) in [6.45, 7) is 9.83. The van der Waals surface area contributed by atoms with E-state index in [4.69, 9.17) is 0 Å². The Kier molecular flexibility index (Phi) is 8.24. The van der Waals surface area contributed by atoms with Crippen LogP contribution in [0.15, 0.2) is 24.3 Å². The van der Waals surface area contributed by atoms with Gasteiger partial charge in [-0.3, -0.25) is 4.79 Å². The van der Waals surface area contributed by atoms with Crippen LogP contribution < -0.4 is 5.32 Å². The lowest BCUT2D eigenvalue weighted by Gasteiger charge is -2.37. The molecule has 1 aromatic rings. The van der Waals surface area contributed by atoms with Crippen molar-refractivity contribution in [3.8, 4) is 0 Å². The fourth-order valence-electron chi connectivity index (χ4n) is 4.18. The van der Waals surface area contributed by atoms with Gasteiger partial charge in [0.2, 0.25) is 5.91 Å². The number of hydrogen-bond donors (Lipinski definition) is 1. The molecule has 0 aromatic heterocycles. The number of piperidine rings is 1. The number of hydrogen-bond acceptors (Lipinski definition) is 4. The Morgan fingerprint density at radius 3 is 2.21 bits per heavy atom. The molecule has 3 amide bonds. The first-order valence-corrected chi connectivity index (χ1v) is 12.0. The topological polar surface area (TPSA) is 55.9 Å². The normalized spacial score (nSPS) is 18.2. The first-order valence-electron chi connectivity index (χ1n) is 10.8. The predicted octanol–water partition coefficient (Wildman–Crippen LogP) is 3.14. The van der Waals surface area contributed by atoms with Crippen LogP contribution in [0.1, 0.15) is 32.3 Å². The van der Waals surface area contributed by atoms with Crippen molar-refractivity contribution in [2.45, 2.75) is 39.2 Å². The van der Waals surface area contributed by atoms with Crippen LogP contribution in [0.25, 0.3) is 0 Å². The van der Waals surface area contributed by atoms with Crippen molar-refractivity contribution in [3.05, 3.63) is 29.8 Å². The van der Waals surface area contributed by atoms with Crippen molar-refractivity contribution in [2.75, 3.05) is 56.1 Å². The Morgan fingerprint density at radius 1 is 1.00 bits per heavy atom. The first kappa shape index (κ1) is 22.0. The summed E-state index contributed by atoms with van der Waals surface area (Å²) >= 11 is 1.90. The van der Waals surface area contributed by atoms with E-state index in [0.717, 1.165) is 74.9 Å². The van der Waals surface area contributed by atoms with E-state index >= 15 is 0 Å². The maximum Gasteiger partial charge on any atom is 0.321 e. The molecule has 0 spiro atoms. The van der Waals surface area contributed by atoms with Gasteiger partial charge in [-0.2, -0.15) is 11.8 Å². The van der Waals surface area contributed by atoms with Crippen LogP contribution in [0.4, 0.5) is 10.5 Å². The summed E-state index contributed by atoms with van der Waals surface area (Å²) in [4.78, 5) is 31.3. The summed E-state index contributed by atoms with van der Waals surface area (Å²) in [5.41, 5.74) is 1.78. The molecule has 29 heavy (non-hydrogen) atoms. The smallest absolute Gasteiger partial charge is 0.321 e. The second-order valence-corrected chi connectivity index (χ2v) is 8.96. The maximum atomic E-state index is 12.6. The van der Waals surface area contributed by atoms with E-state index in [1.807, 2.05) is 45.8 Å². The summed E-state index contributed by atoms with van der Waals surface area (Å²) in [7, 11) is 0. The number of thioether (sulfide) groups is 1. The molecule has 3 rings (SSSR count). The number of urea groups is 1. The molecule has 6 nitrogen and oxygen atoms in total. The number of carbonyl (C=O) groups is 2. The van der Waals surface area contributed by atoms with E-state index in [1.54, 1.807) is 0 Å². The van der Waals surface area contributed by atoms with Crippen LogP contribution in [-0.4, -0.2) is 83.5 Å². The number of rotatable bonds is 6. The van der Waals surface area contributed by atoms with Crippen molar-refractivity contribution < 1.29 is 9.59 Å². The summed E-state index contributed by atoms with van der Waals surface area (Å²) < 4.78 is 0. The minimum Gasteiger partial charge on any atom is -0.341 e. The zero-order valence-corrected chi connectivity index (χ0v) is 18.5. The molecule has 0 saturated carbocycles. The van der Waals surface area contributed by atoms with Crippen LogP contribution in [0.3, 0.4) is 0 Å². The van der Waals surface area contributed by atoms with Gasteiger partial charge in [-0.25, -0.2) is 4.79 Å². The number of nitrogens with one attached hydrogen (secondary N) is 1. The highest BCUT2D eigenvalue weighted by Gasteiger charge is 2.25. The molecule has 2 saturated heterocycles. The highest BCUT2D eigenvalue weighted by atomic mass is 32.2. The molecule has 2 aliphatic heterocycles. The van der Waals surface area contributed by atoms with Gasteiger partial charge in [-0.05, 0) is 43.6 Å². The summed E-state index contributed by atoms with van der Waals surface area (Å²) in [6.07, 6.45) is 2.49. The molecule has 1 aromatic carbocycles. The number of likely N-dealkylation sites (tertiary alicyclic amines) is 1. The average molecular weight is 419 g/mol. The van der Waals surface area contributed by atoms with Crippen molar-refractivity contribution >= 4 is 29.4 Å². The van der Waals surface area contributed by atoms with Gasteiger partial charge in [-0.1, -0.05) is 26.0 Å². The van der Waals surface area contributed by atoms with E-state index in [-0.39, 0.29) is 11.9 Å². The Balaban J connectivity index is 1.46. The van der Waals surface area contributed by atoms with Gasteiger partial charge in [0, 0.05) is 49.4 Å². The largest absolute Gasteiger partial charge is 0.341 e. The van der Waals surface area contributed by atoms with Crippen LogP contribution >= 0.6 is 11.8 Å². The Labute approximate surface area is 179 Å². The van der Waals surface area contributed by atoms with Crippen LogP contribution in [0.2, 0.25) is 0 Å². The van der Waals surface area contributed by atoms with Crippen molar-refractivity contribution in [1.29, 1.82) is 0 Å². The minimum absolute atomic E-state index is 0.0300. The highest BCUT2D eigenvalue weighted by molar-refractivity contribution is 7.99. The van der Waals surface area contributed by atoms with E-state index in [2.05, 4.69) is 24.1 Å². The number of anilines is 1. The van der Waals surface area contributed by atoms with Gasteiger partial charge < -0.3 is 20.0 Å². The standard InChI is InChI=1S/C22H34N4O2S/c1-3-24(4-2)20-9-11-26(12-10-20)22(28)23-19-7-5-18(6-8-19)17-21(27)25-13-15-29-16-14-25/h5-8,20H,3-4,9-17H2,1-2H3,(H,23,28). The summed E-state index contributed by atoms with van der Waals surface area (Å²) in [5.74, 6) is 2.25. The zero-order chi connectivity index (χ0) is 20.6. The number of carbonyl (C=O) groups excluding carboxylic acids is 2. The second kappa shape index (κ2) is 10.9. The molecule has 0 atom stereocenters. The number of benzene rings is 1. The molecule has 7 heteroatoms. The molecule has 0 bridgehead atoms. The molecular formula is C22H34N4O2S. The Bertz CT molecular complexity index is 664. The molecule has 2 aliphatic rings. The molecule has 0 radical (unpaired) electrons. The van der Waals surface area contributed by atoms with E-state index in [0.29, 0.717) is 12.5 Å². The SMILES string of the molecule is CCN(CC)C1CCN(C(=O)Nc2ccc(CC(=O)N3CCSCC3)cc2)CC1. The van der Waals surface area contributed by atoms with Gasteiger partial charge in [0.15, 0.2) is 0 Å². The molecule has 2 heterocycles. The van der Waals surface area contributed by atoms with E-state index in [1.165, 1.54) is 0 Å². The van der Waals surface area contributed by atoms with Crippen LogP contribution in [-0.2, 0) is 11.2 Å². The molecular weight excluding hydrogens is 384 g/mol. The van der Waals surface area contributed by atoms with Crippen molar-refractivity contribution in [3.63, 3.8) is 0 Å². The van der Waals surface area contributed by atoms with Gasteiger partial charge in [0.25, 0.3) is 0 Å². The second-order valence-electron chi connectivity index (χ2n) is 7.74. The van der Waals surface area contributed by atoms with Gasteiger partial charge in [0.1, 0.15) is 0 Å². The van der Waals surface area contributed by atoms with E-state index < -0.39 is 0 Å². The highest BCUT2D eigenvalue weighted by Crippen LogP contribution is 2.18. The quantitative estimate of drug-likeness (QED) is 0.771. The molecule has 2 fully saturated rings. The molecule has 0 aliphatic carbocycles. The molecule has 0 unspecified atom stereocenters. The van der Waals surface area contributed by atoms with Crippen molar-refractivity contribution in [1.82, 2.24) is 14.7 Å². The predicted molar refractivity (Wildman–Crippen MR) is 121 cm³/mol. The Morgan fingerprint density at radius 2 is 1.62 bits per heavy atom. The van der Waals surface area contributed by atoms with E-state index in [9.17, 15) is 9.59 Å². The summed E-state index contributed by atoms with van der Waals surface area (Å²) in [5, 5.41) is 3.00. The third kappa shape index (κ3) is 6.12. The average Bonchev–Trinajstić information content (AvgIpc) is 2.77. The van der Waals surface area contributed by atoms with Crippen molar-refractivity contribution in [2.24, 2.45) is 0 Å². The fraction of sp³-hybridized carbons (Fsp3) is 0.636. The van der Waals surface area contributed by atoms with Gasteiger partial charge in [0.05, 0.1) is 6.42 Å². The Hall–Kier alpha value is -1.73. The lowest BCUT2D eigenvalue weighted by Crippen LogP contribution is -2.47. The van der Waals surface area contributed by atoms with Crippen LogP contribution in [0.5, 0.6) is 0 Å². The number of amides is 3.